The number of hydrogen-bond acceptors (Lipinski definition) is 5. The van der Waals surface area contributed by atoms with Crippen molar-refractivity contribution < 1.29 is 19.1 Å². The first-order valence-corrected chi connectivity index (χ1v) is 12.4. The summed E-state index contributed by atoms with van der Waals surface area (Å²) in [6, 6.07) is 14.9. The number of hydrogen-bond donors (Lipinski definition) is 1. The highest BCUT2D eigenvalue weighted by atomic mass is 32.2. The molecule has 0 heterocycles. The predicted octanol–water partition coefficient (Wildman–Crippen LogP) is 4.52. The van der Waals surface area contributed by atoms with Crippen LogP contribution in [-0.4, -0.2) is 49.3 Å². The van der Waals surface area contributed by atoms with Crippen molar-refractivity contribution >= 4 is 23.6 Å². The summed E-state index contributed by atoms with van der Waals surface area (Å²) in [4.78, 5) is 27.9. The number of thioether (sulfide) groups is 1. The summed E-state index contributed by atoms with van der Waals surface area (Å²) in [6.45, 7) is 7.01. The molecule has 0 unspecified atom stereocenters. The zero-order valence-corrected chi connectivity index (χ0v) is 21.1. The van der Waals surface area contributed by atoms with Crippen molar-refractivity contribution in [2.75, 3.05) is 26.5 Å². The summed E-state index contributed by atoms with van der Waals surface area (Å²) in [6.07, 6.45) is 0.551. The molecule has 0 aliphatic carbocycles. The van der Waals surface area contributed by atoms with Gasteiger partial charge in [-0.15, -0.1) is 11.8 Å². The average Bonchev–Trinajstić information content (AvgIpc) is 2.83. The van der Waals surface area contributed by atoms with Crippen LogP contribution in [0.2, 0.25) is 0 Å². The van der Waals surface area contributed by atoms with Gasteiger partial charge in [0.05, 0.1) is 20.0 Å². The molecular formula is C26H36N2O4S. The van der Waals surface area contributed by atoms with Gasteiger partial charge >= 0.3 is 0 Å². The molecule has 1 N–H and O–H groups in total. The van der Waals surface area contributed by atoms with Crippen molar-refractivity contribution in [1.29, 1.82) is 0 Å². The molecule has 7 heteroatoms. The molecule has 0 aliphatic heterocycles. The van der Waals surface area contributed by atoms with Crippen molar-refractivity contribution in [2.45, 2.75) is 45.5 Å². The van der Waals surface area contributed by atoms with Crippen LogP contribution in [0.5, 0.6) is 11.5 Å². The van der Waals surface area contributed by atoms with Crippen LogP contribution >= 0.6 is 11.8 Å². The van der Waals surface area contributed by atoms with E-state index in [1.165, 1.54) is 0 Å². The van der Waals surface area contributed by atoms with E-state index in [9.17, 15) is 9.59 Å². The third kappa shape index (κ3) is 8.65. The Labute approximate surface area is 202 Å². The molecule has 2 aromatic carbocycles. The molecule has 0 fully saturated rings. The molecule has 2 aromatic rings. The van der Waals surface area contributed by atoms with E-state index in [2.05, 4.69) is 19.2 Å². The van der Waals surface area contributed by atoms with Crippen molar-refractivity contribution in [3.63, 3.8) is 0 Å². The maximum absolute atomic E-state index is 13.3. The lowest BCUT2D eigenvalue weighted by Crippen LogP contribution is -2.50. The van der Waals surface area contributed by atoms with Gasteiger partial charge in [0.1, 0.15) is 17.5 Å². The molecule has 0 bridgehead atoms. The largest absolute Gasteiger partial charge is 0.497 e. The Balaban J connectivity index is 2.10. The van der Waals surface area contributed by atoms with E-state index >= 15 is 0 Å². The van der Waals surface area contributed by atoms with Crippen molar-refractivity contribution in [2.24, 2.45) is 5.92 Å². The molecule has 1 atom stereocenters. The maximum Gasteiger partial charge on any atom is 0.242 e. The Morgan fingerprint density at radius 2 is 1.48 bits per heavy atom. The van der Waals surface area contributed by atoms with Crippen molar-refractivity contribution in [3.05, 3.63) is 59.7 Å². The molecule has 2 amide bonds. The number of carbonyl (C=O) groups is 2. The van der Waals surface area contributed by atoms with Gasteiger partial charge in [-0.1, -0.05) is 45.0 Å². The summed E-state index contributed by atoms with van der Waals surface area (Å²) < 4.78 is 10.4. The predicted molar refractivity (Wildman–Crippen MR) is 135 cm³/mol. The van der Waals surface area contributed by atoms with Gasteiger partial charge in [0.15, 0.2) is 0 Å². The Morgan fingerprint density at radius 3 is 1.97 bits per heavy atom. The van der Waals surface area contributed by atoms with Crippen molar-refractivity contribution in [3.8, 4) is 11.5 Å². The minimum absolute atomic E-state index is 0.0455. The minimum atomic E-state index is -0.514. The molecule has 0 spiro atoms. The standard InChI is InChI=1S/C26H36N2O4S/c1-6-24(26(30)27-15-19(2)3)28(16-20-7-11-22(31-4)12-8-20)25(29)18-33-17-21-9-13-23(32-5)14-10-21/h7-14,19,24H,6,15-18H2,1-5H3,(H,27,30)/t24-/m1/s1. The number of methoxy groups -OCH3 is 2. The molecule has 2 rings (SSSR count). The molecule has 180 valence electrons. The molecule has 0 aliphatic rings. The molecule has 6 nitrogen and oxygen atoms in total. The van der Waals surface area contributed by atoms with Gasteiger partial charge in [0.25, 0.3) is 0 Å². The van der Waals surface area contributed by atoms with Gasteiger partial charge in [0.2, 0.25) is 11.8 Å². The second-order valence-corrected chi connectivity index (χ2v) is 9.26. The summed E-state index contributed by atoms with van der Waals surface area (Å²) in [7, 11) is 3.26. The highest BCUT2D eigenvalue weighted by molar-refractivity contribution is 7.99. The molecule has 0 saturated carbocycles. The van der Waals surface area contributed by atoms with E-state index in [0.29, 0.717) is 36.9 Å². The number of nitrogens with zero attached hydrogens (tertiary/aromatic N) is 1. The van der Waals surface area contributed by atoms with Gasteiger partial charge in [-0.3, -0.25) is 9.59 Å². The van der Waals surface area contributed by atoms with Crippen LogP contribution in [0.3, 0.4) is 0 Å². The van der Waals surface area contributed by atoms with E-state index in [1.54, 1.807) is 30.9 Å². The Hall–Kier alpha value is -2.67. The third-order valence-corrected chi connectivity index (χ3v) is 6.22. The highest BCUT2D eigenvalue weighted by Crippen LogP contribution is 2.20. The fraction of sp³-hybridized carbons (Fsp3) is 0.462. The second kappa shape index (κ2) is 13.8. The summed E-state index contributed by atoms with van der Waals surface area (Å²) >= 11 is 1.55. The number of rotatable bonds is 13. The first-order valence-electron chi connectivity index (χ1n) is 11.3. The average molecular weight is 473 g/mol. The van der Waals surface area contributed by atoms with Crippen LogP contribution in [0.25, 0.3) is 0 Å². The zero-order valence-electron chi connectivity index (χ0n) is 20.3. The molecular weight excluding hydrogens is 436 g/mol. The van der Waals surface area contributed by atoms with Crippen LogP contribution in [0, 0.1) is 5.92 Å². The summed E-state index contributed by atoms with van der Waals surface area (Å²) in [5.41, 5.74) is 2.08. The second-order valence-electron chi connectivity index (χ2n) is 8.27. The van der Waals surface area contributed by atoms with Gasteiger partial charge in [0, 0.05) is 18.8 Å². The van der Waals surface area contributed by atoms with Crippen molar-refractivity contribution in [1.82, 2.24) is 10.2 Å². The van der Waals surface area contributed by atoms with Gasteiger partial charge in [-0.25, -0.2) is 0 Å². The lowest BCUT2D eigenvalue weighted by molar-refractivity contribution is -0.139. The Morgan fingerprint density at radius 1 is 0.939 bits per heavy atom. The Kier molecular flexibility index (Phi) is 11.1. The van der Waals surface area contributed by atoms with Crippen LogP contribution in [0.15, 0.2) is 48.5 Å². The smallest absolute Gasteiger partial charge is 0.242 e. The highest BCUT2D eigenvalue weighted by Gasteiger charge is 2.28. The van der Waals surface area contributed by atoms with E-state index < -0.39 is 6.04 Å². The van der Waals surface area contributed by atoms with Crippen LogP contribution in [-0.2, 0) is 21.9 Å². The number of carbonyl (C=O) groups excluding carboxylic acids is 2. The fourth-order valence-electron chi connectivity index (χ4n) is 3.33. The number of nitrogens with one attached hydrogen (secondary N) is 1. The number of ether oxygens (including phenoxy) is 2. The van der Waals surface area contributed by atoms with E-state index in [0.717, 1.165) is 22.6 Å². The first-order chi connectivity index (χ1) is 15.9. The summed E-state index contributed by atoms with van der Waals surface area (Å²) in [5, 5.41) is 2.99. The minimum Gasteiger partial charge on any atom is -0.497 e. The maximum atomic E-state index is 13.3. The molecule has 0 saturated heterocycles. The monoisotopic (exact) mass is 472 g/mol. The third-order valence-electron chi connectivity index (χ3n) is 5.24. The van der Waals surface area contributed by atoms with Crippen LogP contribution in [0.4, 0.5) is 0 Å². The molecule has 33 heavy (non-hydrogen) atoms. The van der Waals surface area contributed by atoms with Gasteiger partial charge in [-0.2, -0.15) is 0 Å². The molecule has 0 aromatic heterocycles. The van der Waals surface area contributed by atoms with Crippen LogP contribution < -0.4 is 14.8 Å². The van der Waals surface area contributed by atoms with E-state index in [1.807, 2.05) is 55.5 Å². The normalized spacial score (nSPS) is 11.7. The topological polar surface area (TPSA) is 67.9 Å². The SMILES string of the molecule is CC[C@H](C(=O)NCC(C)C)N(Cc1ccc(OC)cc1)C(=O)CSCc1ccc(OC)cc1. The van der Waals surface area contributed by atoms with E-state index in [-0.39, 0.29) is 11.8 Å². The number of amides is 2. The van der Waals surface area contributed by atoms with E-state index in [4.69, 9.17) is 9.47 Å². The van der Waals surface area contributed by atoms with Crippen LogP contribution in [0.1, 0.15) is 38.3 Å². The Bertz CT molecular complexity index is 869. The lowest BCUT2D eigenvalue weighted by atomic mass is 10.1. The summed E-state index contributed by atoms with van der Waals surface area (Å²) in [5.74, 6) is 2.77. The fourth-order valence-corrected chi connectivity index (χ4v) is 4.20. The lowest BCUT2D eigenvalue weighted by Gasteiger charge is -2.31. The quantitative estimate of drug-likeness (QED) is 0.464. The number of benzene rings is 2. The van der Waals surface area contributed by atoms with Gasteiger partial charge < -0.3 is 19.7 Å². The van der Waals surface area contributed by atoms with Gasteiger partial charge in [-0.05, 0) is 47.7 Å². The zero-order chi connectivity index (χ0) is 24.2. The molecule has 0 radical (unpaired) electrons. The first kappa shape index (κ1) is 26.6.